The average molecular weight is 508 g/mol. The standard InChI is InChI=1S/C26H41N3O7/c1-25(2,3)35-23(32)28-19(22(31)34-7)15-11-12-16-27-21(30)20(17-18-13-9-8-10-14-18)29-24(33)36-26(4,5)6/h8-10,13-14,19-20H,11-12,15-17H2,1-7H3,(H,27,30)(H,28,32)(H,29,33)/t19-,20-/m0/s1. The molecule has 0 spiro atoms. The molecule has 3 N–H and O–H groups in total. The van der Waals surface area contributed by atoms with E-state index in [1.54, 1.807) is 41.5 Å². The fourth-order valence-corrected chi connectivity index (χ4v) is 3.16. The lowest BCUT2D eigenvalue weighted by Gasteiger charge is -2.23. The summed E-state index contributed by atoms with van der Waals surface area (Å²) < 4.78 is 15.3. The zero-order chi connectivity index (χ0) is 27.4. The van der Waals surface area contributed by atoms with Crippen molar-refractivity contribution in [3.05, 3.63) is 35.9 Å². The number of unbranched alkanes of at least 4 members (excludes halogenated alkanes) is 1. The number of rotatable bonds is 11. The predicted octanol–water partition coefficient (Wildman–Crippen LogP) is 3.48. The minimum atomic E-state index is -0.861. The number of amides is 3. The van der Waals surface area contributed by atoms with Crippen molar-refractivity contribution in [1.29, 1.82) is 0 Å². The average Bonchev–Trinajstić information content (AvgIpc) is 2.75. The van der Waals surface area contributed by atoms with Gasteiger partial charge in [-0.3, -0.25) is 4.79 Å². The Labute approximate surface area is 213 Å². The molecule has 0 saturated heterocycles. The van der Waals surface area contributed by atoms with Crippen LogP contribution in [0.1, 0.15) is 66.4 Å². The third-order valence-electron chi connectivity index (χ3n) is 4.69. The van der Waals surface area contributed by atoms with Crippen LogP contribution in [-0.2, 0) is 30.2 Å². The highest BCUT2D eigenvalue weighted by molar-refractivity contribution is 5.86. The lowest BCUT2D eigenvalue weighted by Crippen LogP contribution is -2.49. The first-order chi connectivity index (χ1) is 16.7. The van der Waals surface area contributed by atoms with Gasteiger partial charge in [-0.2, -0.15) is 0 Å². The largest absolute Gasteiger partial charge is 0.467 e. The normalized spacial score (nSPS) is 13.1. The molecule has 0 aromatic heterocycles. The Morgan fingerprint density at radius 1 is 0.806 bits per heavy atom. The fourth-order valence-electron chi connectivity index (χ4n) is 3.16. The van der Waals surface area contributed by atoms with Crippen LogP contribution in [-0.4, -0.2) is 61.0 Å². The van der Waals surface area contributed by atoms with Crippen LogP contribution in [0.25, 0.3) is 0 Å². The molecule has 0 unspecified atom stereocenters. The third-order valence-corrected chi connectivity index (χ3v) is 4.69. The van der Waals surface area contributed by atoms with Crippen molar-refractivity contribution in [2.45, 2.75) is 90.5 Å². The highest BCUT2D eigenvalue weighted by atomic mass is 16.6. The van der Waals surface area contributed by atoms with Crippen molar-refractivity contribution < 1.29 is 33.4 Å². The van der Waals surface area contributed by atoms with Crippen LogP contribution in [0.2, 0.25) is 0 Å². The Bertz CT molecular complexity index is 861. The highest BCUT2D eigenvalue weighted by Crippen LogP contribution is 2.10. The minimum Gasteiger partial charge on any atom is -0.467 e. The third kappa shape index (κ3) is 13.6. The van der Waals surface area contributed by atoms with E-state index in [4.69, 9.17) is 14.2 Å². The van der Waals surface area contributed by atoms with E-state index in [-0.39, 0.29) is 5.91 Å². The van der Waals surface area contributed by atoms with Crippen molar-refractivity contribution >= 4 is 24.1 Å². The van der Waals surface area contributed by atoms with Crippen molar-refractivity contribution in [2.24, 2.45) is 0 Å². The number of ether oxygens (including phenoxy) is 3. The number of nitrogens with one attached hydrogen (secondary N) is 3. The van der Waals surface area contributed by atoms with Crippen molar-refractivity contribution in [3.63, 3.8) is 0 Å². The summed E-state index contributed by atoms with van der Waals surface area (Å²) in [5, 5.41) is 8.00. The first-order valence-corrected chi connectivity index (χ1v) is 12.1. The summed E-state index contributed by atoms with van der Waals surface area (Å²) in [4.78, 5) is 49.2. The summed E-state index contributed by atoms with van der Waals surface area (Å²) in [7, 11) is 1.25. The van der Waals surface area contributed by atoms with Gasteiger partial charge in [-0.1, -0.05) is 30.3 Å². The zero-order valence-corrected chi connectivity index (χ0v) is 22.4. The molecule has 0 bridgehead atoms. The molecule has 0 heterocycles. The van der Waals surface area contributed by atoms with Crippen LogP contribution in [0.4, 0.5) is 9.59 Å². The lowest BCUT2D eigenvalue weighted by atomic mass is 10.1. The molecule has 0 aliphatic heterocycles. The number of carbonyl (C=O) groups is 4. The summed E-state index contributed by atoms with van der Waals surface area (Å²) in [6, 6.07) is 7.67. The predicted molar refractivity (Wildman–Crippen MR) is 135 cm³/mol. The van der Waals surface area contributed by atoms with Gasteiger partial charge in [-0.25, -0.2) is 14.4 Å². The quantitative estimate of drug-likeness (QED) is 0.237. The Morgan fingerprint density at radius 2 is 1.33 bits per heavy atom. The van der Waals surface area contributed by atoms with Gasteiger partial charge in [-0.05, 0) is 66.4 Å². The smallest absolute Gasteiger partial charge is 0.408 e. The van der Waals surface area contributed by atoms with E-state index in [9.17, 15) is 19.2 Å². The molecule has 1 aromatic rings. The molecule has 1 rings (SSSR count). The number of hydrogen-bond donors (Lipinski definition) is 3. The topological polar surface area (TPSA) is 132 Å². The number of hydrogen-bond acceptors (Lipinski definition) is 7. The summed E-state index contributed by atoms with van der Waals surface area (Å²) in [5.41, 5.74) is -0.497. The summed E-state index contributed by atoms with van der Waals surface area (Å²) in [5.74, 6) is -0.921. The van der Waals surface area contributed by atoms with Crippen LogP contribution in [0.5, 0.6) is 0 Å². The van der Waals surface area contributed by atoms with E-state index in [1.165, 1.54) is 7.11 Å². The van der Waals surface area contributed by atoms with Gasteiger partial charge >= 0.3 is 18.2 Å². The second-order valence-electron chi connectivity index (χ2n) is 10.4. The number of methoxy groups -OCH3 is 1. The van der Waals surface area contributed by atoms with Crippen LogP contribution in [0, 0.1) is 0 Å². The van der Waals surface area contributed by atoms with E-state index in [0.29, 0.717) is 32.2 Å². The Morgan fingerprint density at radius 3 is 1.83 bits per heavy atom. The Balaban J connectivity index is 2.62. The zero-order valence-electron chi connectivity index (χ0n) is 22.4. The molecule has 0 saturated carbocycles. The van der Waals surface area contributed by atoms with Gasteiger partial charge in [-0.15, -0.1) is 0 Å². The second kappa shape index (κ2) is 14.3. The molecule has 10 heteroatoms. The Kier molecular flexibility index (Phi) is 12.2. The number of carbonyl (C=O) groups excluding carboxylic acids is 4. The maximum atomic E-state index is 12.8. The molecular formula is C26H41N3O7. The summed E-state index contributed by atoms with van der Waals surface area (Å²) in [6.45, 7) is 10.7. The van der Waals surface area contributed by atoms with Crippen LogP contribution in [0.3, 0.4) is 0 Å². The first kappa shape index (κ1) is 30.7. The van der Waals surface area contributed by atoms with Gasteiger partial charge in [0.1, 0.15) is 23.3 Å². The molecule has 202 valence electrons. The fraction of sp³-hybridized carbons (Fsp3) is 0.615. The molecule has 0 aliphatic rings. The number of esters is 1. The molecule has 36 heavy (non-hydrogen) atoms. The molecule has 1 aromatic carbocycles. The summed E-state index contributed by atoms with van der Waals surface area (Å²) >= 11 is 0. The molecule has 10 nitrogen and oxygen atoms in total. The first-order valence-electron chi connectivity index (χ1n) is 12.1. The van der Waals surface area contributed by atoms with E-state index in [1.807, 2.05) is 30.3 Å². The maximum absolute atomic E-state index is 12.8. The van der Waals surface area contributed by atoms with Gasteiger partial charge in [0, 0.05) is 13.0 Å². The van der Waals surface area contributed by atoms with Crippen LogP contribution in [0.15, 0.2) is 30.3 Å². The van der Waals surface area contributed by atoms with Gasteiger partial charge in [0.15, 0.2) is 0 Å². The molecule has 2 atom stereocenters. The van der Waals surface area contributed by atoms with Gasteiger partial charge < -0.3 is 30.2 Å². The monoisotopic (exact) mass is 507 g/mol. The molecule has 0 radical (unpaired) electrons. The lowest BCUT2D eigenvalue weighted by molar-refractivity contribution is -0.143. The van der Waals surface area contributed by atoms with Gasteiger partial charge in [0.2, 0.25) is 5.91 Å². The van der Waals surface area contributed by atoms with Crippen LogP contribution < -0.4 is 16.0 Å². The van der Waals surface area contributed by atoms with Crippen molar-refractivity contribution in [2.75, 3.05) is 13.7 Å². The molecule has 0 aliphatic carbocycles. The second-order valence-corrected chi connectivity index (χ2v) is 10.4. The van der Waals surface area contributed by atoms with Crippen LogP contribution >= 0.6 is 0 Å². The molecule has 0 fully saturated rings. The van der Waals surface area contributed by atoms with E-state index >= 15 is 0 Å². The van der Waals surface area contributed by atoms with Crippen molar-refractivity contribution in [1.82, 2.24) is 16.0 Å². The van der Waals surface area contributed by atoms with E-state index in [0.717, 1.165) is 5.56 Å². The highest BCUT2D eigenvalue weighted by Gasteiger charge is 2.26. The number of benzene rings is 1. The number of alkyl carbamates (subject to hydrolysis) is 2. The van der Waals surface area contributed by atoms with Gasteiger partial charge in [0.25, 0.3) is 0 Å². The van der Waals surface area contributed by atoms with Gasteiger partial charge in [0.05, 0.1) is 7.11 Å². The van der Waals surface area contributed by atoms with Crippen molar-refractivity contribution in [3.8, 4) is 0 Å². The molecule has 3 amide bonds. The van der Waals surface area contributed by atoms with E-state index < -0.39 is 41.4 Å². The maximum Gasteiger partial charge on any atom is 0.408 e. The molecular weight excluding hydrogens is 466 g/mol. The SMILES string of the molecule is COC(=O)[C@H](CCCCNC(=O)[C@H](Cc1ccccc1)NC(=O)OC(C)(C)C)NC(=O)OC(C)(C)C. The van der Waals surface area contributed by atoms with E-state index in [2.05, 4.69) is 16.0 Å². The Hall–Kier alpha value is -3.30. The summed E-state index contributed by atoms with van der Waals surface area (Å²) in [6.07, 6.45) is 0.302. The minimum absolute atomic E-state index is 0.302.